The molecule has 2 aliphatic rings. The average Bonchev–Trinajstić information content (AvgIpc) is 2.68. The molecule has 4 nitrogen and oxygen atoms in total. The molecule has 4 heteroatoms. The van der Waals surface area contributed by atoms with E-state index in [2.05, 4.69) is 5.32 Å². The standard InChI is InChI=1S/C12H19NO3/c1-8-11(6-7-16-8)12(15)13-9-2-4-10(14)5-3-9/h8-9,11H,2-7H2,1H3,(H,13,15). The summed E-state index contributed by atoms with van der Waals surface area (Å²) in [7, 11) is 0. The molecule has 1 aliphatic carbocycles. The molecule has 16 heavy (non-hydrogen) atoms. The van der Waals surface area contributed by atoms with Gasteiger partial charge in [-0.1, -0.05) is 0 Å². The summed E-state index contributed by atoms with van der Waals surface area (Å²) >= 11 is 0. The molecule has 1 aliphatic heterocycles. The second-order valence-corrected chi connectivity index (χ2v) is 4.79. The molecular formula is C12H19NO3. The maximum absolute atomic E-state index is 11.9. The number of rotatable bonds is 2. The predicted molar refractivity (Wildman–Crippen MR) is 58.9 cm³/mol. The lowest BCUT2D eigenvalue weighted by Crippen LogP contribution is -2.42. The van der Waals surface area contributed by atoms with E-state index in [1.165, 1.54) is 0 Å². The van der Waals surface area contributed by atoms with E-state index < -0.39 is 0 Å². The molecule has 0 aromatic heterocycles. The number of hydrogen-bond acceptors (Lipinski definition) is 3. The van der Waals surface area contributed by atoms with Crippen molar-refractivity contribution in [2.45, 2.75) is 51.2 Å². The fourth-order valence-electron chi connectivity index (χ4n) is 2.47. The van der Waals surface area contributed by atoms with E-state index in [1.807, 2.05) is 6.92 Å². The summed E-state index contributed by atoms with van der Waals surface area (Å²) in [4.78, 5) is 23.0. The van der Waals surface area contributed by atoms with Crippen molar-refractivity contribution in [3.8, 4) is 0 Å². The quantitative estimate of drug-likeness (QED) is 0.764. The SMILES string of the molecule is CC1OCCC1C(=O)NC1CCC(=O)CC1. The highest BCUT2D eigenvalue weighted by atomic mass is 16.5. The summed E-state index contributed by atoms with van der Waals surface area (Å²) in [6.45, 7) is 2.63. The number of amides is 1. The van der Waals surface area contributed by atoms with Crippen LogP contribution < -0.4 is 5.32 Å². The van der Waals surface area contributed by atoms with Crippen LogP contribution >= 0.6 is 0 Å². The van der Waals surface area contributed by atoms with Crippen molar-refractivity contribution < 1.29 is 14.3 Å². The molecule has 0 radical (unpaired) electrons. The second-order valence-electron chi connectivity index (χ2n) is 4.79. The molecule has 0 bridgehead atoms. The Labute approximate surface area is 95.7 Å². The normalized spacial score (nSPS) is 31.7. The Bertz CT molecular complexity index is 280. The first kappa shape index (κ1) is 11.6. The summed E-state index contributed by atoms with van der Waals surface area (Å²) in [5, 5.41) is 3.04. The van der Waals surface area contributed by atoms with Gasteiger partial charge in [0.2, 0.25) is 5.91 Å². The van der Waals surface area contributed by atoms with Crippen LogP contribution in [0.1, 0.15) is 39.0 Å². The van der Waals surface area contributed by atoms with Crippen LogP contribution in [-0.4, -0.2) is 30.4 Å². The number of ketones is 1. The van der Waals surface area contributed by atoms with Crippen LogP contribution in [0.2, 0.25) is 0 Å². The number of nitrogens with one attached hydrogen (secondary N) is 1. The maximum Gasteiger partial charge on any atom is 0.226 e. The summed E-state index contributed by atoms with van der Waals surface area (Å²) in [6, 6.07) is 0.193. The Balaban J connectivity index is 1.80. The van der Waals surface area contributed by atoms with E-state index >= 15 is 0 Å². The van der Waals surface area contributed by atoms with Gasteiger partial charge in [-0.3, -0.25) is 9.59 Å². The zero-order valence-electron chi connectivity index (χ0n) is 9.70. The molecule has 0 spiro atoms. The Hall–Kier alpha value is -0.900. The van der Waals surface area contributed by atoms with Crippen molar-refractivity contribution in [3.63, 3.8) is 0 Å². The molecular weight excluding hydrogens is 206 g/mol. The highest BCUT2D eigenvalue weighted by molar-refractivity contribution is 5.81. The van der Waals surface area contributed by atoms with Gasteiger partial charge in [0, 0.05) is 25.5 Å². The highest BCUT2D eigenvalue weighted by Gasteiger charge is 2.32. The van der Waals surface area contributed by atoms with Crippen molar-refractivity contribution in [3.05, 3.63) is 0 Å². The molecule has 1 saturated carbocycles. The minimum absolute atomic E-state index is 0.00220. The predicted octanol–water partition coefficient (Wildman–Crippen LogP) is 1.04. The van der Waals surface area contributed by atoms with Gasteiger partial charge in [0.1, 0.15) is 5.78 Å². The molecule has 2 unspecified atom stereocenters. The second kappa shape index (κ2) is 4.95. The number of ether oxygens (including phenoxy) is 1. The minimum Gasteiger partial charge on any atom is -0.378 e. The fourth-order valence-corrected chi connectivity index (χ4v) is 2.47. The van der Waals surface area contributed by atoms with E-state index in [0.717, 1.165) is 19.3 Å². The van der Waals surface area contributed by atoms with Crippen LogP contribution in [0.3, 0.4) is 0 Å². The lowest BCUT2D eigenvalue weighted by Gasteiger charge is -2.24. The smallest absolute Gasteiger partial charge is 0.226 e. The van der Waals surface area contributed by atoms with Gasteiger partial charge in [0.15, 0.2) is 0 Å². The van der Waals surface area contributed by atoms with E-state index in [4.69, 9.17) is 4.74 Å². The topological polar surface area (TPSA) is 55.4 Å². The maximum atomic E-state index is 11.9. The third-order valence-corrected chi connectivity index (χ3v) is 3.60. The molecule has 2 rings (SSSR count). The zero-order chi connectivity index (χ0) is 11.5. The van der Waals surface area contributed by atoms with Crippen molar-refractivity contribution in [2.75, 3.05) is 6.61 Å². The van der Waals surface area contributed by atoms with Gasteiger partial charge in [0.25, 0.3) is 0 Å². The Kier molecular flexibility index (Phi) is 3.59. The molecule has 1 amide bonds. The largest absolute Gasteiger partial charge is 0.378 e. The lowest BCUT2D eigenvalue weighted by atomic mass is 9.93. The number of hydrogen-bond donors (Lipinski definition) is 1. The van der Waals surface area contributed by atoms with Crippen molar-refractivity contribution in [2.24, 2.45) is 5.92 Å². The first-order chi connectivity index (χ1) is 7.66. The third-order valence-electron chi connectivity index (χ3n) is 3.60. The van der Waals surface area contributed by atoms with Gasteiger partial charge < -0.3 is 10.1 Å². The van der Waals surface area contributed by atoms with Crippen LogP contribution in [0.15, 0.2) is 0 Å². The minimum atomic E-state index is -0.00220. The average molecular weight is 225 g/mol. The van der Waals surface area contributed by atoms with Crippen LogP contribution in [0.25, 0.3) is 0 Å². The van der Waals surface area contributed by atoms with Gasteiger partial charge in [-0.15, -0.1) is 0 Å². The highest BCUT2D eigenvalue weighted by Crippen LogP contribution is 2.22. The number of carbonyl (C=O) groups excluding carboxylic acids is 2. The molecule has 1 heterocycles. The molecule has 2 atom stereocenters. The lowest BCUT2D eigenvalue weighted by molar-refractivity contribution is -0.128. The van der Waals surface area contributed by atoms with Gasteiger partial charge >= 0.3 is 0 Å². The molecule has 2 fully saturated rings. The Morgan fingerprint density at radius 3 is 2.56 bits per heavy atom. The van der Waals surface area contributed by atoms with Gasteiger partial charge in [-0.2, -0.15) is 0 Å². The number of carbonyl (C=O) groups is 2. The van der Waals surface area contributed by atoms with Gasteiger partial charge in [-0.05, 0) is 26.2 Å². The van der Waals surface area contributed by atoms with Crippen LogP contribution in [0, 0.1) is 5.92 Å². The van der Waals surface area contributed by atoms with Crippen molar-refractivity contribution >= 4 is 11.7 Å². The summed E-state index contributed by atoms with van der Waals surface area (Å²) in [5.74, 6) is 0.421. The molecule has 90 valence electrons. The zero-order valence-corrected chi connectivity index (χ0v) is 9.70. The fraction of sp³-hybridized carbons (Fsp3) is 0.833. The molecule has 0 aromatic carbocycles. The number of Topliss-reactive ketones (excluding diaryl/α,β-unsaturated/α-hetero) is 1. The molecule has 1 N–H and O–H groups in total. The van der Waals surface area contributed by atoms with Crippen LogP contribution in [0.4, 0.5) is 0 Å². The summed E-state index contributed by atoms with van der Waals surface area (Å²) in [6.07, 6.45) is 3.67. The van der Waals surface area contributed by atoms with Gasteiger partial charge in [0.05, 0.1) is 12.0 Å². The summed E-state index contributed by atoms with van der Waals surface area (Å²) in [5.41, 5.74) is 0. The van der Waals surface area contributed by atoms with Crippen molar-refractivity contribution in [1.29, 1.82) is 0 Å². The third kappa shape index (κ3) is 2.61. The van der Waals surface area contributed by atoms with Crippen molar-refractivity contribution in [1.82, 2.24) is 5.32 Å². The first-order valence-electron chi connectivity index (χ1n) is 6.10. The summed E-state index contributed by atoms with van der Waals surface area (Å²) < 4.78 is 5.38. The molecule has 1 saturated heterocycles. The van der Waals surface area contributed by atoms with Gasteiger partial charge in [-0.25, -0.2) is 0 Å². The Morgan fingerprint density at radius 1 is 1.31 bits per heavy atom. The van der Waals surface area contributed by atoms with E-state index in [1.54, 1.807) is 0 Å². The Morgan fingerprint density at radius 2 is 2.00 bits per heavy atom. The van der Waals surface area contributed by atoms with Crippen LogP contribution in [-0.2, 0) is 14.3 Å². The van der Waals surface area contributed by atoms with Crippen LogP contribution in [0.5, 0.6) is 0 Å². The first-order valence-corrected chi connectivity index (χ1v) is 6.10. The van der Waals surface area contributed by atoms with E-state index in [9.17, 15) is 9.59 Å². The van der Waals surface area contributed by atoms with E-state index in [0.29, 0.717) is 25.2 Å². The van der Waals surface area contributed by atoms with E-state index in [-0.39, 0.29) is 24.0 Å². The monoisotopic (exact) mass is 225 g/mol. The molecule has 0 aromatic rings.